The predicted molar refractivity (Wildman–Crippen MR) is 38.4 cm³/mol. The van der Waals surface area contributed by atoms with E-state index in [1.54, 1.807) is 0 Å². The molecule has 0 fully saturated rings. The van der Waals surface area contributed by atoms with Crippen LogP contribution in [0.4, 0.5) is 0 Å². The van der Waals surface area contributed by atoms with E-state index < -0.39 is 17.7 Å². The summed E-state index contributed by atoms with van der Waals surface area (Å²) in [7, 11) is 0. The van der Waals surface area contributed by atoms with Gasteiger partial charge in [-0.05, 0) is 6.08 Å². The summed E-state index contributed by atoms with van der Waals surface area (Å²) in [6.07, 6.45) is 0.919. The van der Waals surface area contributed by atoms with E-state index in [-0.39, 0.29) is 0 Å². The first-order valence-corrected chi connectivity index (χ1v) is 2.98. The third-order valence-corrected chi connectivity index (χ3v) is 1.02. The zero-order valence-electron chi connectivity index (χ0n) is 6.46. The van der Waals surface area contributed by atoms with Gasteiger partial charge in [0.25, 0.3) is 5.91 Å². The van der Waals surface area contributed by atoms with Crippen molar-refractivity contribution in [1.29, 1.82) is 0 Å². The third-order valence-electron chi connectivity index (χ3n) is 1.02. The molecule has 0 aromatic heterocycles. The van der Waals surface area contributed by atoms with Gasteiger partial charge in [0.05, 0.1) is 0 Å². The molecule has 0 aliphatic rings. The molecule has 0 N–H and O–H groups in total. The topological polar surface area (TPSA) is 54.5 Å². The van der Waals surface area contributed by atoms with Crippen LogP contribution in [-0.2, 0) is 14.4 Å². The number of carbonyl (C=O) groups excluding carboxylic acids is 3. The van der Waals surface area contributed by atoms with E-state index in [9.17, 15) is 14.4 Å². The van der Waals surface area contributed by atoms with Crippen LogP contribution in [0.25, 0.3) is 0 Å². The maximum Gasteiger partial charge on any atom is 0.259 e. The van der Waals surface area contributed by atoms with Gasteiger partial charge in [-0.3, -0.25) is 14.4 Å². The van der Waals surface area contributed by atoms with Gasteiger partial charge in [-0.1, -0.05) is 6.58 Å². The number of hydrogen-bond donors (Lipinski definition) is 0. The Hall–Kier alpha value is -1.45. The Kier molecular flexibility index (Phi) is 3.17. The molecule has 0 heterocycles. The van der Waals surface area contributed by atoms with E-state index >= 15 is 0 Å². The highest BCUT2D eigenvalue weighted by Gasteiger charge is 2.18. The molecule has 0 atom stereocenters. The first-order chi connectivity index (χ1) is 5.00. The van der Waals surface area contributed by atoms with Crippen LogP contribution in [0.2, 0.25) is 0 Å². The average Bonchev–Trinajstić information content (AvgIpc) is 1.85. The van der Waals surface area contributed by atoms with Crippen LogP contribution < -0.4 is 0 Å². The first-order valence-electron chi connectivity index (χ1n) is 2.98. The second kappa shape index (κ2) is 3.65. The molecule has 0 aliphatic carbocycles. The van der Waals surface area contributed by atoms with Gasteiger partial charge in [0.15, 0.2) is 0 Å². The molecule has 0 rings (SSSR count). The van der Waals surface area contributed by atoms with Crippen molar-refractivity contribution in [2.75, 3.05) is 0 Å². The van der Waals surface area contributed by atoms with Crippen molar-refractivity contribution in [2.45, 2.75) is 13.8 Å². The molecule has 0 unspecified atom stereocenters. The molecule has 4 heteroatoms. The number of rotatable bonds is 1. The summed E-state index contributed by atoms with van der Waals surface area (Å²) in [6.45, 7) is 5.43. The molecule has 11 heavy (non-hydrogen) atoms. The van der Waals surface area contributed by atoms with E-state index in [4.69, 9.17) is 0 Å². The molecule has 0 radical (unpaired) electrons. The summed E-state index contributed by atoms with van der Waals surface area (Å²) < 4.78 is 0. The Morgan fingerprint density at radius 1 is 1.18 bits per heavy atom. The Balaban J connectivity index is 4.60. The van der Waals surface area contributed by atoms with Crippen molar-refractivity contribution in [3.63, 3.8) is 0 Å². The molecule has 0 aromatic carbocycles. The van der Waals surface area contributed by atoms with Gasteiger partial charge in [-0.2, -0.15) is 0 Å². The van der Waals surface area contributed by atoms with Crippen LogP contribution in [-0.4, -0.2) is 22.6 Å². The fourth-order valence-electron chi connectivity index (χ4n) is 0.623. The third kappa shape index (κ3) is 2.33. The van der Waals surface area contributed by atoms with Gasteiger partial charge in [-0.25, -0.2) is 4.90 Å². The number of imide groups is 3. The first kappa shape index (κ1) is 9.55. The van der Waals surface area contributed by atoms with Crippen molar-refractivity contribution in [1.82, 2.24) is 4.90 Å². The lowest BCUT2D eigenvalue weighted by Gasteiger charge is -2.11. The summed E-state index contributed by atoms with van der Waals surface area (Å²) in [4.78, 5) is 32.5. The Bertz CT molecular complexity index is 206. The zero-order chi connectivity index (χ0) is 9.02. The molecule has 0 aliphatic heterocycles. The molecule has 0 saturated heterocycles. The SMILES string of the molecule is C=CC(=O)N(C(C)=O)C(C)=O. The maximum atomic E-state index is 10.8. The van der Waals surface area contributed by atoms with E-state index in [1.807, 2.05) is 0 Å². The van der Waals surface area contributed by atoms with Gasteiger partial charge in [0.1, 0.15) is 0 Å². The quantitative estimate of drug-likeness (QED) is 0.504. The minimum Gasteiger partial charge on any atom is -0.274 e. The Morgan fingerprint density at radius 2 is 1.55 bits per heavy atom. The second-order valence-electron chi connectivity index (χ2n) is 1.92. The smallest absolute Gasteiger partial charge is 0.259 e. The fraction of sp³-hybridized carbons (Fsp3) is 0.286. The summed E-state index contributed by atoms with van der Waals surface area (Å²) >= 11 is 0. The maximum absolute atomic E-state index is 10.8. The lowest BCUT2D eigenvalue weighted by atomic mass is 10.4. The van der Waals surface area contributed by atoms with Crippen molar-refractivity contribution >= 4 is 17.7 Å². The van der Waals surface area contributed by atoms with Crippen LogP contribution in [0.1, 0.15) is 13.8 Å². The molecule has 0 bridgehead atoms. The molecule has 0 aromatic rings. The summed E-state index contributed by atoms with van der Waals surface area (Å²) in [5.74, 6) is -1.88. The normalized spacial score (nSPS) is 8.55. The lowest BCUT2D eigenvalue weighted by Crippen LogP contribution is -2.37. The monoisotopic (exact) mass is 155 g/mol. The minimum atomic E-state index is -0.690. The van der Waals surface area contributed by atoms with Crippen molar-refractivity contribution in [3.05, 3.63) is 12.7 Å². The van der Waals surface area contributed by atoms with Gasteiger partial charge in [0.2, 0.25) is 11.8 Å². The summed E-state index contributed by atoms with van der Waals surface area (Å²) in [5.41, 5.74) is 0. The average molecular weight is 155 g/mol. The van der Waals surface area contributed by atoms with E-state index in [2.05, 4.69) is 6.58 Å². The number of hydrogen-bond acceptors (Lipinski definition) is 3. The highest BCUT2D eigenvalue weighted by atomic mass is 16.2. The van der Waals surface area contributed by atoms with Crippen LogP contribution in [0.5, 0.6) is 0 Å². The second-order valence-corrected chi connectivity index (χ2v) is 1.92. The summed E-state index contributed by atoms with van der Waals surface area (Å²) in [5, 5.41) is 0. The number of amides is 3. The number of nitrogens with zero attached hydrogens (tertiary/aromatic N) is 1. The highest BCUT2D eigenvalue weighted by molar-refractivity contribution is 6.12. The Labute approximate surface area is 64.5 Å². The molecule has 60 valence electrons. The van der Waals surface area contributed by atoms with Gasteiger partial charge >= 0.3 is 0 Å². The van der Waals surface area contributed by atoms with E-state index in [0.717, 1.165) is 19.9 Å². The lowest BCUT2D eigenvalue weighted by molar-refractivity contribution is -0.149. The fourth-order valence-corrected chi connectivity index (χ4v) is 0.623. The van der Waals surface area contributed by atoms with Crippen LogP contribution in [0, 0.1) is 0 Å². The largest absolute Gasteiger partial charge is 0.274 e. The van der Waals surface area contributed by atoms with Gasteiger partial charge < -0.3 is 0 Å². The van der Waals surface area contributed by atoms with E-state index in [1.165, 1.54) is 0 Å². The van der Waals surface area contributed by atoms with Crippen molar-refractivity contribution in [2.24, 2.45) is 0 Å². The van der Waals surface area contributed by atoms with Gasteiger partial charge in [0, 0.05) is 13.8 Å². The summed E-state index contributed by atoms with van der Waals surface area (Å²) in [6, 6.07) is 0. The van der Waals surface area contributed by atoms with E-state index in [0.29, 0.717) is 4.90 Å². The van der Waals surface area contributed by atoms with Gasteiger partial charge in [-0.15, -0.1) is 0 Å². The molecule has 4 nitrogen and oxygen atoms in total. The molecule has 0 spiro atoms. The Morgan fingerprint density at radius 3 is 1.64 bits per heavy atom. The highest BCUT2D eigenvalue weighted by Crippen LogP contribution is 1.92. The van der Waals surface area contributed by atoms with Crippen LogP contribution in [0.15, 0.2) is 12.7 Å². The molecule has 3 amide bonds. The van der Waals surface area contributed by atoms with Crippen LogP contribution in [0.3, 0.4) is 0 Å². The molecule has 0 saturated carbocycles. The molecular formula is C7H9NO3. The zero-order valence-corrected chi connectivity index (χ0v) is 6.46. The number of carbonyl (C=O) groups is 3. The van der Waals surface area contributed by atoms with Crippen LogP contribution >= 0.6 is 0 Å². The predicted octanol–water partition coefficient (Wildman–Crippen LogP) is 0.0940. The van der Waals surface area contributed by atoms with Crippen molar-refractivity contribution < 1.29 is 14.4 Å². The van der Waals surface area contributed by atoms with Crippen molar-refractivity contribution in [3.8, 4) is 0 Å². The molecular weight excluding hydrogens is 146 g/mol. The minimum absolute atomic E-state index is 0.521. The standard InChI is InChI=1S/C7H9NO3/c1-4-7(11)8(5(2)9)6(3)10/h4H,1H2,2-3H3.